The topological polar surface area (TPSA) is 55.1 Å². The van der Waals surface area contributed by atoms with Gasteiger partial charge in [-0.05, 0) is 30.3 Å². The van der Waals surface area contributed by atoms with Gasteiger partial charge in [-0.15, -0.1) is 0 Å². The summed E-state index contributed by atoms with van der Waals surface area (Å²) in [5.74, 6) is -1.80. The largest absolute Gasteiger partial charge is 0.397 e. The predicted octanol–water partition coefficient (Wildman–Crippen LogP) is 2.80. The van der Waals surface area contributed by atoms with Gasteiger partial charge >= 0.3 is 0 Å². The molecular formula is C13H10F2N2O. The number of carbonyl (C=O) groups is 1. The van der Waals surface area contributed by atoms with E-state index in [2.05, 4.69) is 5.32 Å². The summed E-state index contributed by atoms with van der Waals surface area (Å²) in [4.78, 5) is 11.8. The molecule has 0 saturated heterocycles. The van der Waals surface area contributed by atoms with Crippen LogP contribution in [-0.4, -0.2) is 5.91 Å². The molecule has 1 amide bonds. The summed E-state index contributed by atoms with van der Waals surface area (Å²) in [6.07, 6.45) is 0. The maximum absolute atomic E-state index is 13.4. The zero-order chi connectivity index (χ0) is 13.1. The molecule has 2 aromatic carbocycles. The van der Waals surface area contributed by atoms with Crippen LogP contribution in [0.3, 0.4) is 0 Å². The van der Waals surface area contributed by atoms with Crippen molar-refractivity contribution in [3.05, 3.63) is 59.7 Å². The second kappa shape index (κ2) is 4.83. The minimum absolute atomic E-state index is 0.0950. The molecule has 3 N–H and O–H groups in total. The lowest BCUT2D eigenvalue weighted by Crippen LogP contribution is -2.14. The standard InChI is InChI=1S/C13H10F2N2O/c14-9-4-1-3-8(7-9)13(18)17-12-10(15)5-2-6-11(12)16/h1-7H,16H2,(H,17,18). The number of amides is 1. The number of benzene rings is 2. The minimum Gasteiger partial charge on any atom is -0.397 e. The maximum atomic E-state index is 13.4. The van der Waals surface area contributed by atoms with Crippen LogP contribution in [0.25, 0.3) is 0 Å². The van der Waals surface area contributed by atoms with Crippen molar-refractivity contribution in [3.63, 3.8) is 0 Å². The van der Waals surface area contributed by atoms with Crippen LogP contribution in [0.15, 0.2) is 42.5 Å². The van der Waals surface area contributed by atoms with E-state index in [4.69, 9.17) is 5.73 Å². The molecule has 0 bridgehead atoms. The van der Waals surface area contributed by atoms with Gasteiger partial charge in [-0.3, -0.25) is 4.79 Å². The Balaban J connectivity index is 2.27. The first kappa shape index (κ1) is 12.0. The number of rotatable bonds is 2. The van der Waals surface area contributed by atoms with Gasteiger partial charge in [0.2, 0.25) is 0 Å². The third-order valence-electron chi connectivity index (χ3n) is 2.37. The molecule has 0 aromatic heterocycles. The highest BCUT2D eigenvalue weighted by Gasteiger charge is 2.12. The van der Waals surface area contributed by atoms with Gasteiger partial charge in [0.15, 0.2) is 0 Å². The second-order valence-corrected chi connectivity index (χ2v) is 3.67. The summed E-state index contributed by atoms with van der Waals surface area (Å²) in [6, 6.07) is 9.18. The molecule has 0 spiro atoms. The predicted molar refractivity (Wildman–Crippen MR) is 65.2 cm³/mol. The molecule has 0 aliphatic carbocycles. The van der Waals surface area contributed by atoms with Crippen LogP contribution in [0, 0.1) is 11.6 Å². The molecule has 2 aromatic rings. The van der Waals surface area contributed by atoms with Crippen molar-refractivity contribution in [1.29, 1.82) is 0 Å². The third kappa shape index (κ3) is 2.45. The number of nitrogens with two attached hydrogens (primary N) is 1. The quantitative estimate of drug-likeness (QED) is 0.803. The van der Waals surface area contributed by atoms with Crippen molar-refractivity contribution < 1.29 is 13.6 Å². The number of carbonyl (C=O) groups excluding carboxylic acids is 1. The second-order valence-electron chi connectivity index (χ2n) is 3.67. The van der Waals surface area contributed by atoms with E-state index < -0.39 is 17.5 Å². The van der Waals surface area contributed by atoms with Gasteiger partial charge in [-0.1, -0.05) is 12.1 Å². The first-order valence-electron chi connectivity index (χ1n) is 5.19. The Bertz CT molecular complexity index is 579. The molecule has 18 heavy (non-hydrogen) atoms. The molecule has 0 atom stereocenters. The van der Waals surface area contributed by atoms with Crippen LogP contribution < -0.4 is 11.1 Å². The van der Waals surface area contributed by atoms with E-state index in [1.54, 1.807) is 0 Å². The van der Waals surface area contributed by atoms with Crippen molar-refractivity contribution in [2.75, 3.05) is 11.1 Å². The molecule has 0 aliphatic heterocycles. The number of hydrogen-bond acceptors (Lipinski definition) is 2. The van der Waals surface area contributed by atoms with E-state index in [9.17, 15) is 13.6 Å². The Morgan fingerprint density at radius 3 is 2.50 bits per heavy atom. The summed E-state index contributed by atoms with van der Waals surface area (Å²) in [7, 11) is 0. The summed E-state index contributed by atoms with van der Waals surface area (Å²) in [6.45, 7) is 0. The molecule has 0 aliphatic rings. The van der Waals surface area contributed by atoms with E-state index in [0.29, 0.717) is 0 Å². The summed E-state index contributed by atoms with van der Waals surface area (Å²) in [5, 5.41) is 2.32. The SMILES string of the molecule is Nc1cccc(F)c1NC(=O)c1cccc(F)c1. The Hall–Kier alpha value is -2.43. The van der Waals surface area contributed by atoms with Gasteiger partial charge in [-0.25, -0.2) is 8.78 Å². The summed E-state index contributed by atoms with van der Waals surface area (Å²) >= 11 is 0. The van der Waals surface area contributed by atoms with Crippen LogP contribution in [0.5, 0.6) is 0 Å². The minimum atomic E-state index is -0.639. The van der Waals surface area contributed by atoms with Crippen LogP contribution in [0.1, 0.15) is 10.4 Å². The molecular weight excluding hydrogens is 238 g/mol. The van der Waals surface area contributed by atoms with Crippen molar-refractivity contribution in [2.45, 2.75) is 0 Å². The first-order valence-corrected chi connectivity index (χ1v) is 5.19. The molecule has 5 heteroatoms. The van der Waals surface area contributed by atoms with Gasteiger partial charge in [-0.2, -0.15) is 0 Å². The molecule has 0 unspecified atom stereocenters. The Morgan fingerprint density at radius 1 is 1.11 bits per heavy atom. The van der Waals surface area contributed by atoms with Crippen LogP contribution in [0.2, 0.25) is 0 Å². The van der Waals surface area contributed by atoms with Crippen LogP contribution >= 0.6 is 0 Å². The number of nitrogens with one attached hydrogen (secondary N) is 1. The molecule has 0 radical (unpaired) electrons. The number of nitrogen functional groups attached to an aromatic ring is 1. The van der Waals surface area contributed by atoms with Crippen LogP contribution in [0.4, 0.5) is 20.2 Å². The molecule has 0 saturated carbocycles. The average Bonchev–Trinajstić information content (AvgIpc) is 2.34. The number of hydrogen-bond donors (Lipinski definition) is 2. The Kier molecular flexibility index (Phi) is 3.23. The molecule has 3 nitrogen and oxygen atoms in total. The highest BCUT2D eigenvalue weighted by atomic mass is 19.1. The molecule has 0 heterocycles. The normalized spacial score (nSPS) is 10.1. The van der Waals surface area contributed by atoms with Gasteiger partial charge in [0.1, 0.15) is 17.3 Å². The average molecular weight is 248 g/mol. The van der Waals surface area contributed by atoms with Crippen molar-refractivity contribution in [3.8, 4) is 0 Å². The van der Waals surface area contributed by atoms with Crippen molar-refractivity contribution in [2.24, 2.45) is 0 Å². The van der Waals surface area contributed by atoms with Gasteiger partial charge in [0.05, 0.1) is 5.69 Å². The van der Waals surface area contributed by atoms with E-state index >= 15 is 0 Å². The highest BCUT2D eigenvalue weighted by Crippen LogP contribution is 2.22. The third-order valence-corrected chi connectivity index (χ3v) is 2.37. The Morgan fingerprint density at radius 2 is 1.83 bits per heavy atom. The zero-order valence-electron chi connectivity index (χ0n) is 9.28. The van der Waals surface area contributed by atoms with E-state index in [1.165, 1.54) is 36.4 Å². The number of anilines is 2. The molecule has 92 valence electrons. The summed E-state index contributed by atoms with van der Waals surface area (Å²) < 4.78 is 26.4. The highest BCUT2D eigenvalue weighted by molar-refractivity contribution is 6.05. The smallest absolute Gasteiger partial charge is 0.255 e. The van der Waals surface area contributed by atoms with E-state index in [-0.39, 0.29) is 16.9 Å². The van der Waals surface area contributed by atoms with Crippen LogP contribution in [-0.2, 0) is 0 Å². The zero-order valence-corrected chi connectivity index (χ0v) is 9.28. The fraction of sp³-hybridized carbons (Fsp3) is 0. The van der Waals surface area contributed by atoms with Gasteiger partial charge in [0.25, 0.3) is 5.91 Å². The lowest BCUT2D eigenvalue weighted by atomic mass is 10.2. The maximum Gasteiger partial charge on any atom is 0.255 e. The number of para-hydroxylation sites is 1. The lowest BCUT2D eigenvalue weighted by Gasteiger charge is -2.09. The van der Waals surface area contributed by atoms with E-state index in [0.717, 1.165) is 6.07 Å². The van der Waals surface area contributed by atoms with Crippen molar-refractivity contribution >= 4 is 17.3 Å². The molecule has 0 fully saturated rings. The number of halogens is 2. The van der Waals surface area contributed by atoms with Crippen molar-refractivity contribution in [1.82, 2.24) is 0 Å². The van der Waals surface area contributed by atoms with Gasteiger partial charge in [0, 0.05) is 5.56 Å². The van der Waals surface area contributed by atoms with E-state index in [1.807, 2.05) is 0 Å². The fourth-order valence-corrected chi connectivity index (χ4v) is 1.49. The van der Waals surface area contributed by atoms with Gasteiger partial charge < -0.3 is 11.1 Å². The Labute approximate surface area is 102 Å². The molecule has 2 rings (SSSR count). The summed E-state index contributed by atoms with van der Waals surface area (Å²) in [5.41, 5.74) is 5.65. The monoisotopic (exact) mass is 248 g/mol. The first-order chi connectivity index (χ1) is 8.58. The lowest BCUT2D eigenvalue weighted by molar-refractivity contribution is 0.102. The fourth-order valence-electron chi connectivity index (χ4n) is 1.49.